The van der Waals surface area contributed by atoms with Crippen LogP contribution >= 0.6 is 0 Å². The van der Waals surface area contributed by atoms with Crippen LogP contribution < -0.4 is 25.4 Å². The molecule has 0 aromatic heterocycles. The summed E-state index contributed by atoms with van der Waals surface area (Å²) < 4.78 is 11.4. The second kappa shape index (κ2) is 11.1. The van der Waals surface area contributed by atoms with Crippen LogP contribution in [0.25, 0.3) is 0 Å². The number of unbranched alkanes of at least 4 members (excludes halogenated alkanes) is 1. The van der Waals surface area contributed by atoms with Crippen LogP contribution in [-0.2, 0) is 0 Å². The maximum Gasteiger partial charge on any atom is 0.193 e. The van der Waals surface area contributed by atoms with Gasteiger partial charge >= 0.3 is 0 Å². The summed E-state index contributed by atoms with van der Waals surface area (Å²) >= 11 is 0. The van der Waals surface area contributed by atoms with Gasteiger partial charge in [-0.25, -0.2) is 0 Å². The van der Waals surface area contributed by atoms with Crippen molar-refractivity contribution in [3.8, 4) is 11.5 Å². The summed E-state index contributed by atoms with van der Waals surface area (Å²) in [5, 5.41) is 3.15. The van der Waals surface area contributed by atoms with Crippen LogP contribution in [0.3, 0.4) is 0 Å². The molecule has 0 radical (unpaired) electrons. The summed E-state index contributed by atoms with van der Waals surface area (Å²) in [6.07, 6.45) is 3.05. The summed E-state index contributed by atoms with van der Waals surface area (Å²) in [5.41, 5.74) is 9.60. The van der Waals surface area contributed by atoms with E-state index in [0.717, 1.165) is 75.7 Å². The first-order valence-electron chi connectivity index (χ1n) is 11.7. The van der Waals surface area contributed by atoms with Crippen LogP contribution in [0.15, 0.2) is 47.5 Å². The van der Waals surface area contributed by atoms with Crippen LogP contribution in [0.2, 0.25) is 0 Å². The molecule has 4 rings (SSSR count). The Morgan fingerprint density at radius 2 is 1.81 bits per heavy atom. The predicted molar refractivity (Wildman–Crippen MR) is 131 cm³/mol. The summed E-state index contributed by atoms with van der Waals surface area (Å²) in [6.45, 7) is 9.77. The van der Waals surface area contributed by atoms with Gasteiger partial charge in [0.05, 0.1) is 13.2 Å². The number of anilines is 2. The van der Waals surface area contributed by atoms with Crippen molar-refractivity contribution in [3.63, 3.8) is 0 Å². The third-order valence-corrected chi connectivity index (χ3v) is 5.92. The largest absolute Gasteiger partial charge is 0.490 e. The number of ether oxygens (including phenoxy) is 2. The third-order valence-electron chi connectivity index (χ3n) is 5.92. The van der Waals surface area contributed by atoms with Crippen LogP contribution in [0.1, 0.15) is 24.8 Å². The Balaban J connectivity index is 1.14. The maximum atomic E-state index is 6.07. The Bertz CT molecular complexity index is 909. The molecule has 7 heteroatoms. The zero-order chi connectivity index (χ0) is 22.2. The van der Waals surface area contributed by atoms with E-state index in [1.54, 1.807) is 0 Å². The molecule has 2 aliphatic rings. The number of nitrogens with zero attached hydrogens (tertiary/aromatic N) is 3. The monoisotopic (exact) mass is 437 g/mol. The molecule has 2 heterocycles. The van der Waals surface area contributed by atoms with E-state index >= 15 is 0 Å². The van der Waals surface area contributed by atoms with Gasteiger partial charge in [0.1, 0.15) is 0 Å². The van der Waals surface area contributed by atoms with Crippen molar-refractivity contribution in [1.82, 2.24) is 4.90 Å². The fraction of sp³-hybridized carbons (Fsp3) is 0.480. The molecule has 0 spiro atoms. The summed E-state index contributed by atoms with van der Waals surface area (Å²) in [7, 11) is 0. The quantitative estimate of drug-likeness (QED) is 0.392. The molecule has 2 aliphatic heterocycles. The molecule has 32 heavy (non-hydrogen) atoms. The van der Waals surface area contributed by atoms with Gasteiger partial charge in [0.25, 0.3) is 0 Å². The van der Waals surface area contributed by atoms with Crippen molar-refractivity contribution in [3.05, 3.63) is 48.0 Å². The molecule has 0 bridgehead atoms. The second-order valence-electron chi connectivity index (χ2n) is 8.48. The van der Waals surface area contributed by atoms with E-state index < -0.39 is 0 Å². The van der Waals surface area contributed by atoms with Gasteiger partial charge in [-0.1, -0.05) is 12.1 Å². The molecule has 0 saturated carbocycles. The number of nitrogens with two attached hydrogens (primary N) is 1. The first-order chi connectivity index (χ1) is 15.7. The highest BCUT2D eigenvalue weighted by Crippen LogP contribution is 2.32. The lowest BCUT2D eigenvalue weighted by atomic mass is 10.2. The highest BCUT2D eigenvalue weighted by Gasteiger charge is 2.16. The lowest BCUT2D eigenvalue weighted by molar-refractivity contribution is 0.253. The van der Waals surface area contributed by atoms with Crippen LogP contribution in [0.5, 0.6) is 11.5 Å². The normalized spacial score (nSPS) is 17.2. The molecule has 0 amide bonds. The van der Waals surface area contributed by atoms with Crippen molar-refractivity contribution in [1.29, 1.82) is 0 Å². The molecule has 2 aromatic rings. The number of nitrogens with one attached hydrogen (secondary N) is 1. The van der Waals surface area contributed by atoms with E-state index in [1.165, 1.54) is 11.3 Å². The predicted octanol–water partition coefficient (Wildman–Crippen LogP) is 3.49. The van der Waals surface area contributed by atoms with Gasteiger partial charge in [0.15, 0.2) is 17.5 Å². The van der Waals surface area contributed by atoms with Crippen LogP contribution in [-0.4, -0.2) is 63.3 Å². The lowest BCUT2D eigenvalue weighted by Crippen LogP contribution is -2.46. The molecule has 2 aromatic carbocycles. The van der Waals surface area contributed by atoms with Crippen molar-refractivity contribution < 1.29 is 9.47 Å². The van der Waals surface area contributed by atoms with E-state index in [1.807, 2.05) is 18.2 Å². The first-order valence-corrected chi connectivity index (χ1v) is 11.7. The van der Waals surface area contributed by atoms with Crippen molar-refractivity contribution in [2.45, 2.75) is 26.2 Å². The van der Waals surface area contributed by atoms with Crippen LogP contribution in [0, 0.1) is 6.92 Å². The Hall–Kier alpha value is -2.93. The van der Waals surface area contributed by atoms with Gasteiger partial charge in [0, 0.05) is 56.6 Å². The molecule has 172 valence electrons. The third kappa shape index (κ3) is 6.29. The number of fused-ring (bicyclic) bond motifs is 1. The van der Waals surface area contributed by atoms with Gasteiger partial charge in [-0.3, -0.25) is 9.89 Å². The molecule has 1 fully saturated rings. The summed E-state index contributed by atoms with van der Waals surface area (Å²) in [4.78, 5) is 9.51. The maximum absolute atomic E-state index is 6.07. The number of hydrogen-bond donors (Lipinski definition) is 2. The number of hydrogen-bond acceptors (Lipinski definition) is 5. The summed E-state index contributed by atoms with van der Waals surface area (Å²) in [5.74, 6) is 1.97. The number of piperazine rings is 1. The standard InChI is InChI=1S/C25H35N5O2/c1-20-6-4-7-22(18-20)30-14-12-29(13-15-30)11-3-2-10-27-25(26)28-21-8-9-23-24(19-21)32-17-5-16-31-23/h4,6-9,18-19H,2-3,5,10-17H2,1H3,(H3,26,27,28). The van der Waals surface area contributed by atoms with E-state index in [-0.39, 0.29) is 0 Å². The molecule has 7 nitrogen and oxygen atoms in total. The number of benzene rings is 2. The van der Waals surface area contributed by atoms with E-state index in [9.17, 15) is 0 Å². The lowest BCUT2D eigenvalue weighted by Gasteiger charge is -2.36. The van der Waals surface area contributed by atoms with Crippen molar-refractivity contribution in [2.75, 3.05) is 62.7 Å². The minimum atomic E-state index is 0.436. The number of aryl methyl sites for hydroxylation is 1. The average molecular weight is 438 g/mol. The summed E-state index contributed by atoms with van der Waals surface area (Å²) in [6, 6.07) is 14.6. The molecule has 0 atom stereocenters. The van der Waals surface area contributed by atoms with Gasteiger partial charge in [-0.2, -0.15) is 0 Å². The topological polar surface area (TPSA) is 75.4 Å². The SMILES string of the molecule is Cc1cccc(N2CCN(CCCCN=C(N)Nc3ccc4c(c3)OCCCO4)CC2)c1. The van der Waals surface area contributed by atoms with E-state index in [0.29, 0.717) is 19.2 Å². The van der Waals surface area contributed by atoms with Gasteiger partial charge in [-0.05, 0) is 56.1 Å². The van der Waals surface area contributed by atoms with Crippen molar-refractivity contribution in [2.24, 2.45) is 10.7 Å². The van der Waals surface area contributed by atoms with Gasteiger partial charge in [0.2, 0.25) is 0 Å². The minimum Gasteiger partial charge on any atom is -0.490 e. The van der Waals surface area contributed by atoms with E-state index in [2.05, 4.69) is 51.3 Å². The Kier molecular flexibility index (Phi) is 7.72. The zero-order valence-corrected chi connectivity index (χ0v) is 19.1. The molecule has 0 unspecified atom stereocenters. The van der Waals surface area contributed by atoms with E-state index in [4.69, 9.17) is 15.2 Å². The Labute approximate surface area is 191 Å². The Morgan fingerprint density at radius 1 is 1.00 bits per heavy atom. The molecule has 1 saturated heterocycles. The Morgan fingerprint density at radius 3 is 2.62 bits per heavy atom. The minimum absolute atomic E-state index is 0.436. The number of guanidine groups is 1. The fourth-order valence-electron chi connectivity index (χ4n) is 4.13. The molecule has 0 aliphatic carbocycles. The highest BCUT2D eigenvalue weighted by atomic mass is 16.5. The average Bonchev–Trinajstić information content (AvgIpc) is 3.04. The molecule has 3 N–H and O–H groups in total. The van der Waals surface area contributed by atoms with Crippen molar-refractivity contribution >= 4 is 17.3 Å². The zero-order valence-electron chi connectivity index (χ0n) is 19.1. The highest BCUT2D eigenvalue weighted by molar-refractivity contribution is 5.92. The molecular formula is C25H35N5O2. The van der Waals surface area contributed by atoms with Gasteiger partial charge in [-0.15, -0.1) is 0 Å². The smallest absolute Gasteiger partial charge is 0.193 e. The van der Waals surface area contributed by atoms with Crippen LogP contribution in [0.4, 0.5) is 11.4 Å². The first kappa shape index (κ1) is 22.3. The number of aliphatic imine (C=N–C) groups is 1. The molecular weight excluding hydrogens is 402 g/mol. The fourth-order valence-corrected chi connectivity index (χ4v) is 4.13. The van der Waals surface area contributed by atoms with Gasteiger partial charge < -0.3 is 25.4 Å². The number of rotatable bonds is 7. The second-order valence-corrected chi connectivity index (χ2v) is 8.48.